The van der Waals surface area contributed by atoms with Crippen LogP contribution in [0.3, 0.4) is 0 Å². The molecule has 128 valence electrons. The van der Waals surface area contributed by atoms with Crippen molar-refractivity contribution in [1.82, 2.24) is 5.78 Å². The molecular formula is C20H34HfN2. The summed E-state index contributed by atoms with van der Waals surface area (Å²) in [5.74, 6) is 0. The van der Waals surface area contributed by atoms with Gasteiger partial charge in [0.2, 0.25) is 0 Å². The molecule has 2 nitrogen and oxygen atoms in total. The first-order chi connectivity index (χ1) is 11.0. The second-order valence-corrected chi connectivity index (χ2v) is 23.9. The maximum atomic E-state index is 2.80. The molecule has 0 atom stereocenters. The Bertz CT molecular complexity index is 458. The molecule has 0 aromatic carbocycles. The zero-order chi connectivity index (χ0) is 17.1. The monoisotopic (exact) mass is 482 g/mol. The minimum absolute atomic E-state index is 0.234. The molecule has 23 heavy (non-hydrogen) atoms. The van der Waals surface area contributed by atoms with E-state index in [-0.39, 0.29) is 6.34 Å². The van der Waals surface area contributed by atoms with E-state index in [1.807, 2.05) is 0 Å². The van der Waals surface area contributed by atoms with Crippen molar-refractivity contribution in [1.29, 1.82) is 0 Å². The first-order valence-electron chi connectivity index (χ1n) is 9.16. The van der Waals surface area contributed by atoms with E-state index in [1.165, 1.54) is 12.8 Å². The molecule has 0 saturated heterocycles. The molecule has 0 amide bonds. The Morgan fingerprint density at radius 2 is 0.957 bits per heavy atom. The van der Waals surface area contributed by atoms with E-state index in [0.29, 0.717) is 0 Å². The van der Waals surface area contributed by atoms with Gasteiger partial charge in [-0.05, 0) is 0 Å². The van der Waals surface area contributed by atoms with Crippen LogP contribution in [0.25, 0.3) is 0 Å². The van der Waals surface area contributed by atoms with Crippen molar-refractivity contribution in [3.8, 4) is 0 Å². The van der Waals surface area contributed by atoms with Gasteiger partial charge >= 0.3 is 149 Å². The fraction of sp³-hybridized carbons (Fsp3) is 0.600. The van der Waals surface area contributed by atoms with E-state index in [0.717, 1.165) is 13.1 Å². The SMILES string of the molecule is CC[N](C)[Hf]([N](C)CC)([C]1(CC)C=CC=C1)[C]1(CC)C=CC=C1. The minimum atomic E-state index is -3.32. The number of rotatable bonds is 8. The topological polar surface area (TPSA) is 6.48 Å². The zero-order valence-corrected chi connectivity index (χ0v) is 19.4. The number of nitrogens with zero attached hydrogens (tertiary/aromatic N) is 2. The molecule has 0 radical (unpaired) electrons. The number of hydrogen-bond acceptors (Lipinski definition) is 2. The summed E-state index contributed by atoms with van der Waals surface area (Å²) in [5, 5.41) is 0. The quantitative estimate of drug-likeness (QED) is 0.437. The Morgan fingerprint density at radius 1 is 0.652 bits per heavy atom. The Kier molecular flexibility index (Phi) is 6.08. The number of allylic oxidation sites excluding steroid dienone is 8. The van der Waals surface area contributed by atoms with Gasteiger partial charge in [-0.2, -0.15) is 0 Å². The van der Waals surface area contributed by atoms with Crippen LogP contribution in [-0.4, -0.2) is 33.0 Å². The van der Waals surface area contributed by atoms with Crippen LogP contribution in [0.2, 0.25) is 6.34 Å². The van der Waals surface area contributed by atoms with Crippen LogP contribution in [-0.2, 0) is 20.5 Å². The molecule has 0 aliphatic heterocycles. The Morgan fingerprint density at radius 3 is 1.17 bits per heavy atom. The third-order valence-corrected chi connectivity index (χ3v) is 30.8. The van der Waals surface area contributed by atoms with Crippen LogP contribution in [0, 0.1) is 0 Å². The third-order valence-electron chi connectivity index (χ3n) is 6.32. The Balaban J connectivity index is 2.81. The standard InChI is InChI=1S/2C7H9.2C3H8N.Hf/c2*1-2-7-5-3-4-6-7;2*1-3-4-2;/h2*3-6H,2H2,1H3;2*3H2,1-2H3;/q;;2*-1;+2. The van der Waals surface area contributed by atoms with Gasteiger partial charge in [-0.15, -0.1) is 0 Å². The van der Waals surface area contributed by atoms with Gasteiger partial charge < -0.3 is 0 Å². The molecule has 2 aliphatic rings. The predicted molar refractivity (Wildman–Crippen MR) is 99.1 cm³/mol. The van der Waals surface area contributed by atoms with E-state index < -0.39 is 20.5 Å². The van der Waals surface area contributed by atoms with Gasteiger partial charge in [-0.3, -0.25) is 0 Å². The molecule has 0 aromatic heterocycles. The van der Waals surface area contributed by atoms with Crippen LogP contribution in [0.15, 0.2) is 48.6 Å². The van der Waals surface area contributed by atoms with E-state index in [1.54, 1.807) is 0 Å². The van der Waals surface area contributed by atoms with Crippen molar-refractivity contribution >= 4 is 0 Å². The van der Waals surface area contributed by atoms with E-state index in [4.69, 9.17) is 0 Å². The first kappa shape index (κ1) is 19.1. The molecule has 0 fully saturated rings. The van der Waals surface area contributed by atoms with Gasteiger partial charge in [-0.25, -0.2) is 0 Å². The van der Waals surface area contributed by atoms with Crippen LogP contribution in [0.1, 0.15) is 40.5 Å². The van der Waals surface area contributed by atoms with Gasteiger partial charge in [0.25, 0.3) is 0 Å². The Hall–Kier alpha value is -0.250. The molecule has 2 aliphatic carbocycles. The Labute approximate surface area is 148 Å². The molecule has 2 rings (SSSR count). The summed E-state index contributed by atoms with van der Waals surface area (Å²) < 4.78 is 6.06. The molecule has 3 heteroatoms. The summed E-state index contributed by atoms with van der Waals surface area (Å²) in [6.07, 6.45) is 21.7. The molecule has 0 heterocycles. The van der Waals surface area contributed by atoms with Crippen molar-refractivity contribution < 1.29 is 20.5 Å². The molecule has 0 aromatic rings. The van der Waals surface area contributed by atoms with Gasteiger partial charge in [-0.1, -0.05) is 0 Å². The van der Waals surface area contributed by atoms with Crippen molar-refractivity contribution in [2.24, 2.45) is 0 Å². The van der Waals surface area contributed by atoms with E-state index in [2.05, 4.69) is 96.2 Å². The summed E-state index contributed by atoms with van der Waals surface area (Å²) in [5.41, 5.74) is 0. The van der Waals surface area contributed by atoms with Crippen molar-refractivity contribution in [3.05, 3.63) is 48.6 Å². The second-order valence-electron chi connectivity index (χ2n) is 6.92. The first-order valence-corrected chi connectivity index (χ1v) is 16.0. The summed E-state index contributed by atoms with van der Waals surface area (Å²) in [7, 11) is 4.78. The van der Waals surface area contributed by atoms with Gasteiger partial charge in [0.15, 0.2) is 0 Å². The normalized spacial score (nSPS) is 21.2. The molecule has 0 spiro atoms. The molecular weight excluding hydrogens is 447 g/mol. The summed E-state index contributed by atoms with van der Waals surface area (Å²) in [6, 6.07) is 0. The number of hydrogen-bond donors (Lipinski definition) is 0. The van der Waals surface area contributed by atoms with Crippen molar-refractivity contribution in [3.63, 3.8) is 0 Å². The molecule has 0 N–H and O–H groups in total. The summed E-state index contributed by atoms with van der Waals surface area (Å²) in [4.78, 5) is 0. The third kappa shape index (κ3) is 2.54. The zero-order valence-electron chi connectivity index (χ0n) is 15.8. The maximum absolute atomic E-state index is 3.32. The van der Waals surface area contributed by atoms with Crippen LogP contribution in [0.4, 0.5) is 0 Å². The van der Waals surface area contributed by atoms with E-state index in [9.17, 15) is 0 Å². The van der Waals surface area contributed by atoms with Crippen molar-refractivity contribution in [2.45, 2.75) is 46.9 Å². The van der Waals surface area contributed by atoms with Gasteiger partial charge in [0.05, 0.1) is 0 Å². The van der Waals surface area contributed by atoms with E-state index >= 15 is 0 Å². The van der Waals surface area contributed by atoms with Crippen LogP contribution in [0.5, 0.6) is 0 Å². The summed E-state index contributed by atoms with van der Waals surface area (Å²) >= 11 is -3.32. The van der Waals surface area contributed by atoms with Crippen LogP contribution < -0.4 is 0 Å². The average molecular weight is 481 g/mol. The average Bonchev–Trinajstić information content (AvgIpc) is 3.25. The molecule has 0 bridgehead atoms. The fourth-order valence-electron chi connectivity index (χ4n) is 5.05. The predicted octanol–water partition coefficient (Wildman–Crippen LogP) is 5.26. The molecule has 0 saturated carbocycles. The van der Waals surface area contributed by atoms with Gasteiger partial charge in [0.1, 0.15) is 0 Å². The second kappa shape index (κ2) is 7.33. The van der Waals surface area contributed by atoms with Gasteiger partial charge in [0, 0.05) is 0 Å². The fourth-order valence-corrected chi connectivity index (χ4v) is 32.0. The van der Waals surface area contributed by atoms with Crippen molar-refractivity contribution in [2.75, 3.05) is 27.2 Å². The van der Waals surface area contributed by atoms with Crippen LogP contribution >= 0.6 is 0 Å². The summed E-state index contributed by atoms with van der Waals surface area (Å²) in [6.45, 7) is 11.7. The molecule has 0 unspecified atom stereocenters.